The third-order valence-electron chi connectivity index (χ3n) is 4.15. The third kappa shape index (κ3) is 4.49. The second kappa shape index (κ2) is 7.46. The molecule has 1 aliphatic carbocycles. The van der Waals surface area contributed by atoms with Gasteiger partial charge in [0.05, 0.1) is 6.61 Å². The van der Waals surface area contributed by atoms with Crippen LogP contribution in [0.5, 0.6) is 5.75 Å². The minimum Gasteiger partial charge on any atom is -0.493 e. The first-order chi connectivity index (χ1) is 9.63. The van der Waals surface area contributed by atoms with Crippen LogP contribution in [0.2, 0.25) is 0 Å². The van der Waals surface area contributed by atoms with Gasteiger partial charge in [-0.05, 0) is 44.4 Å². The van der Waals surface area contributed by atoms with Crippen molar-refractivity contribution in [2.45, 2.75) is 64.5 Å². The van der Waals surface area contributed by atoms with Crippen LogP contribution >= 0.6 is 15.9 Å². The minimum absolute atomic E-state index is 0.294. The van der Waals surface area contributed by atoms with Crippen LogP contribution in [0, 0.1) is 0 Å². The normalized spacial score (nSPS) is 17.9. The Labute approximate surface area is 131 Å². The zero-order valence-corrected chi connectivity index (χ0v) is 14.3. The molecule has 0 saturated heterocycles. The average molecular weight is 340 g/mol. The van der Waals surface area contributed by atoms with Crippen LogP contribution in [0.3, 0.4) is 0 Å². The highest BCUT2D eigenvalue weighted by atomic mass is 79.9. The molecular formula is C17H26BrNO. The van der Waals surface area contributed by atoms with Crippen LogP contribution < -0.4 is 10.1 Å². The maximum atomic E-state index is 5.85. The minimum atomic E-state index is 0.294. The molecule has 1 N–H and O–H groups in total. The molecule has 0 spiro atoms. The van der Waals surface area contributed by atoms with Crippen LogP contribution in [0.25, 0.3) is 0 Å². The van der Waals surface area contributed by atoms with E-state index in [4.69, 9.17) is 4.74 Å². The third-order valence-corrected chi connectivity index (χ3v) is 4.64. The lowest BCUT2D eigenvalue weighted by Crippen LogP contribution is -2.43. The topological polar surface area (TPSA) is 21.3 Å². The van der Waals surface area contributed by atoms with Crippen molar-refractivity contribution in [3.63, 3.8) is 0 Å². The summed E-state index contributed by atoms with van der Waals surface area (Å²) >= 11 is 3.56. The Morgan fingerprint density at radius 1 is 1.25 bits per heavy atom. The second-order valence-corrected chi connectivity index (χ2v) is 6.99. The molecule has 1 aromatic rings. The summed E-state index contributed by atoms with van der Waals surface area (Å²) < 4.78 is 6.97. The number of ether oxygens (including phenoxy) is 1. The average Bonchev–Trinajstić information content (AvgIpc) is 2.45. The maximum Gasteiger partial charge on any atom is 0.123 e. The van der Waals surface area contributed by atoms with Gasteiger partial charge in [0.25, 0.3) is 0 Å². The predicted octanol–water partition coefficient (Wildman–Crippen LogP) is 5.05. The van der Waals surface area contributed by atoms with Crippen molar-refractivity contribution in [3.8, 4) is 5.75 Å². The molecule has 2 rings (SSSR count). The first kappa shape index (κ1) is 15.8. The van der Waals surface area contributed by atoms with Crippen molar-refractivity contribution in [1.29, 1.82) is 0 Å². The Hall–Kier alpha value is -0.540. The first-order valence-corrected chi connectivity index (χ1v) is 8.58. The Bertz CT molecular complexity index is 427. The van der Waals surface area contributed by atoms with Crippen LogP contribution in [0.1, 0.15) is 57.9 Å². The molecule has 0 amide bonds. The Balaban J connectivity index is 2.01. The predicted molar refractivity (Wildman–Crippen MR) is 88.3 cm³/mol. The number of hydrogen-bond acceptors (Lipinski definition) is 2. The van der Waals surface area contributed by atoms with Gasteiger partial charge in [0, 0.05) is 22.1 Å². The highest BCUT2D eigenvalue weighted by molar-refractivity contribution is 9.10. The van der Waals surface area contributed by atoms with Crippen molar-refractivity contribution in [1.82, 2.24) is 5.32 Å². The van der Waals surface area contributed by atoms with Gasteiger partial charge < -0.3 is 10.1 Å². The molecule has 0 unspecified atom stereocenters. The van der Waals surface area contributed by atoms with Crippen molar-refractivity contribution in [3.05, 3.63) is 28.2 Å². The van der Waals surface area contributed by atoms with Gasteiger partial charge in [-0.1, -0.05) is 42.1 Å². The number of nitrogens with one attached hydrogen (secondary N) is 1. The fraction of sp³-hybridized carbons (Fsp3) is 0.647. The summed E-state index contributed by atoms with van der Waals surface area (Å²) in [6, 6.07) is 6.29. The molecule has 0 bridgehead atoms. The summed E-state index contributed by atoms with van der Waals surface area (Å²) in [4.78, 5) is 0. The van der Waals surface area contributed by atoms with Gasteiger partial charge in [-0.3, -0.25) is 0 Å². The van der Waals surface area contributed by atoms with E-state index in [-0.39, 0.29) is 0 Å². The van der Waals surface area contributed by atoms with Gasteiger partial charge in [-0.15, -0.1) is 0 Å². The summed E-state index contributed by atoms with van der Waals surface area (Å²) in [7, 11) is 0. The summed E-state index contributed by atoms with van der Waals surface area (Å²) in [5.74, 6) is 1.02. The van der Waals surface area contributed by atoms with E-state index in [0.717, 1.165) is 29.8 Å². The van der Waals surface area contributed by atoms with E-state index in [1.54, 1.807) is 0 Å². The number of halogens is 1. The van der Waals surface area contributed by atoms with Crippen LogP contribution in [-0.2, 0) is 6.54 Å². The molecule has 0 radical (unpaired) electrons. The van der Waals surface area contributed by atoms with E-state index < -0.39 is 0 Å². The van der Waals surface area contributed by atoms with E-state index in [0.29, 0.717) is 5.54 Å². The molecule has 0 heterocycles. The Morgan fingerprint density at radius 2 is 2.00 bits per heavy atom. The molecule has 0 atom stereocenters. The van der Waals surface area contributed by atoms with E-state index in [9.17, 15) is 0 Å². The number of rotatable bonds is 6. The first-order valence-electron chi connectivity index (χ1n) is 7.79. The molecule has 1 aliphatic rings. The fourth-order valence-corrected chi connectivity index (χ4v) is 3.26. The highest BCUT2D eigenvalue weighted by Crippen LogP contribution is 2.29. The molecule has 1 aromatic carbocycles. The molecular weight excluding hydrogens is 314 g/mol. The van der Waals surface area contributed by atoms with Gasteiger partial charge >= 0.3 is 0 Å². The zero-order chi connectivity index (χ0) is 14.4. The summed E-state index contributed by atoms with van der Waals surface area (Å²) in [6.45, 7) is 6.16. The van der Waals surface area contributed by atoms with Crippen molar-refractivity contribution in [2.24, 2.45) is 0 Å². The quantitative estimate of drug-likeness (QED) is 0.782. The lowest BCUT2D eigenvalue weighted by Gasteiger charge is -2.35. The van der Waals surface area contributed by atoms with E-state index in [1.165, 1.54) is 37.7 Å². The standard InChI is InChI=1S/C17H26BrNO/c1-3-11-20-16-8-7-15(18)12-14(16)13-19-17(2)9-5-4-6-10-17/h7-8,12,19H,3-6,9-11,13H2,1-2H3. The molecule has 112 valence electrons. The van der Waals surface area contributed by atoms with Gasteiger partial charge in [0.15, 0.2) is 0 Å². The summed E-state index contributed by atoms with van der Waals surface area (Å²) in [5.41, 5.74) is 1.54. The van der Waals surface area contributed by atoms with Crippen LogP contribution in [0.15, 0.2) is 22.7 Å². The summed E-state index contributed by atoms with van der Waals surface area (Å²) in [6.07, 6.45) is 7.69. The largest absolute Gasteiger partial charge is 0.493 e. The van der Waals surface area contributed by atoms with Gasteiger partial charge in [-0.2, -0.15) is 0 Å². The molecule has 3 heteroatoms. The Morgan fingerprint density at radius 3 is 2.70 bits per heavy atom. The number of hydrogen-bond donors (Lipinski definition) is 1. The number of benzene rings is 1. The molecule has 1 saturated carbocycles. The molecule has 20 heavy (non-hydrogen) atoms. The lowest BCUT2D eigenvalue weighted by molar-refractivity contribution is 0.249. The SMILES string of the molecule is CCCOc1ccc(Br)cc1CNC1(C)CCCCC1. The van der Waals surface area contributed by atoms with Crippen molar-refractivity contribution < 1.29 is 4.74 Å². The van der Waals surface area contributed by atoms with Crippen molar-refractivity contribution in [2.75, 3.05) is 6.61 Å². The monoisotopic (exact) mass is 339 g/mol. The summed E-state index contributed by atoms with van der Waals surface area (Å²) in [5, 5.41) is 3.76. The Kier molecular flexibility index (Phi) is 5.91. The van der Waals surface area contributed by atoms with E-state index in [1.807, 2.05) is 0 Å². The smallest absolute Gasteiger partial charge is 0.123 e. The van der Waals surface area contributed by atoms with Crippen molar-refractivity contribution >= 4 is 15.9 Å². The van der Waals surface area contributed by atoms with E-state index >= 15 is 0 Å². The fourth-order valence-electron chi connectivity index (χ4n) is 2.86. The lowest BCUT2D eigenvalue weighted by atomic mass is 9.83. The highest BCUT2D eigenvalue weighted by Gasteiger charge is 2.26. The van der Waals surface area contributed by atoms with Crippen LogP contribution in [-0.4, -0.2) is 12.1 Å². The molecule has 0 aromatic heterocycles. The molecule has 1 fully saturated rings. The van der Waals surface area contributed by atoms with Gasteiger partial charge in [0.1, 0.15) is 5.75 Å². The van der Waals surface area contributed by atoms with Gasteiger partial charge in [0.2, 0.25) is 0 Å². The molecule has 2 nitrogen and oxygen atoms in total. The second-order valence-electron chi connectivity index (χ2n) is 6.08. The van der Waals surface area contributed by atoms with Gasteiger partial charge in [-0.25, -0.2) is 0 Å². The van der Waals surface area contributed by atoms with E-state index in [2.05, 4.69) is 53.3 Å². The zero-order valence-electron chi connectivity index (χ0n) is 12.7. The van der Waals surface area contributed by atoms with Crippen LogP contribution in [0.4, 0.5) is 0 Å². The molecule has 0 aliphatic heterocycles. The maximum absolute atomic E-state index is 5.85.